The molecular weight excluding hydrogens is 473 g/mol. The molecular formula is C25H23ClFN5O3. The second kappa shape index (κ2) is 9.16. The number of anilines is 1. The Morgan fingerprint density at radius 2 is 2.03 bits per heavy atom. The molecule has 1 fully saturated rings. The number of hydrogen-bond acceptors (Lipinski definition) is 5. The maximum atomic E-state index is 14.0. The molecule has 3 heterocycles. The van der Waals surface area contributed by atoms with Gasteiger partial charge in [0, 0.05) is 36.1 Å². The third-order valence-corrected chi connectivity index (χ3v) is 6.62. The molecule has 0 amide bonds. The summed E-state index contributed by atoms with van der Waals surface area (Å²) in [6, 6.07) is 12.5. The van der Waals surface area contributed by atoms with Gasteiger partial charge in [-0.05, 0) is 42.7 Å². The first-order valence-electron chi connectivity index (χ1n) is 11.2. The van der Waals surface area contributed by atoms with Gasteiger partial charge in [0.05, 0.1) is 11.9 Å². The number of carbonyl (C=O) groups is 1. The van der Waals surface area contributed by atoms with Gasteiger partial charge < -0.3 is 15.7 Å². The van der Waals surface area contributed by atoms with Crippen molar-refractivity contribution in [3.05, 3.63) is 92.7 Å². The van der Waals surface area contributed by atoms with Crippen LogP contribution in [0, 0.1) is 5.82 Å². The number of benzene rings is 2. The molecule has 4 aromatic rings. The Kier molecular flexibility index (Phi) is 6.04. The van der Waals surface area contributed by atoms with Crippen LogP contribution in [-0.2, 0) is 6.42 Å². The van der Waals surface area contributed by atoms with Crippen molar-refractivity contribution in [1.29, 1.82) is 0 Å². The highest BCUT2D eigenvalue weighted by atomic mass is 35.5. The smallest absolute Gasteiger partial charge is 0.354 e. The van der Waals surface area contributed by atoms with Gasteiger partial charge in [0.15, 0.2) is 11.5 Å². The maximum Gasteiger partial charge on any atom is 0.354 e. The molecule has 180 valence electrons. The van der Waals surface area contributed by atoms with Gasteiger partial charge in [-0.1, -0.05) is 35.9 Å². The highest BCUT2D eigenvalue weighted by Gasteiger charge is 2.28. The Bertz CT molecular complexity index is 1500. The largest absolute Gasteiger partial charge is 0.477 e. The van der Waals surface area contributed by atoms with E-state index in [1.807, 2.05) is 23.1 Å². The highest BCUT2D eigenvalue weighted by molar-refractivity contribution is 6.31. The molecule has 0 bridgehead atoms. The van der Waals surface area contributed by atoms with E-state index in [-0.39, 0.29) is 22.9 Å². The average Bonchev–Trinajstić information content (AvgIpc) is 3.19. The number of aromatic nitrogens is 3. The van der Waals surface area contributed by atoms with Gasteiger partial charge in [0.1, 0.15) is 11.3 Å². The number of nitrogens with zero attached hydrogens (tertiary/aromatic N) is 4. The number of nitrogens with two attached hydrogens (primary N) is 1. The Morgan fingerprint density at radius 3 is 2.74 bits per heavy atom. The van der Waals surface area contributed by atoms with Crippen LogP contribution in [-0.4, -0.2) is 44.4 Å². The highest BCUT2D eigenvalue weighted by Crippen LogP contribution is 2.30. The number of piperidine rings is 1. The summed E-state index contributed by atoms with van der Waals surface area (Å²) < 4.78 is 16.3. The van der Waals surface area contributed by atoms with Gasteiger partial charge in [-0.2, -0.15) is 0 Å². The lowest BCUT2D eigenvalue weighted by Gasteiger charge is -2.31. The molecule has 1 atom stereocenters. The molecule has 1 unspecified atom stereocenters. The predicted molar refractivity (Wildman–Crippen MR) is 131 cm³/mol. The minimum Gasteiger partial charge on any atom is -0.477 e. The lowest BCUT2D eigenvalue weighted by atomic mass is 10.0. The molecule has 2 aromatic heterocycles. The Morgan fingerprint density at radius 1 is 1.23 bits per heavy atom. The van der Waals surface area contributed by atoms with Crippen LogP contribution in [0.2, 0.25) is 5.02 Å². The SMILES string of the molecule is NC1CCCN(c2nn3cc(C(=O)O)n(-c4cccc(F)c4)c(=O)c3c2Cc2ccccc2Cl)C1. The summed E-state index contributed by atoms with van der Waals surface area (Å²) in [5.74, 6) is -1.36. The van der Waals surface area contributed by atoms with Gasteiger partial charge in [-0.3, -0.25) is 9.36 Å². The molecule has 1 aliphatic rings. The summed E-state index contributed by atoms with van der Waals surface area (Å²) in [6.07, 6.45) is 3.34. The third-order valence-electron chi connectivity index (χ3n) is 6.25. The number of aromatic carboxylic acids is 1. The van der Waals surface area contributed by atoms with Crippen LogP contribution in [0.15, 0.2) is 59.5 Å². The van der Waals surface area contributed by atoms with Crippen molar-refractivity contribution in [3.63, 3.8) is 0 Å². The summed E-state index contributed by atoms with van der Waals surface area (Å²) in [6.45, 7) is 1.26. The summed E-state index contributed by atoms with van der Waals surface area (Å²) in [5, 5.41) is 15.1. The zero-order chi connectivity index (χ0) is 24.7. The molecule has 1 saturated heterocycles. The molecule has 3 N–H and O–H groups in total. The Balaban J connectivity index is 1.80. The lowest BCUT2D eigenvalue weighted by Crippen LogP contribution is -2.43. The Hall–Kier alpha value is -3.69. The van der Waals surface area contributed by atoms with Crippen LogP contribution in [0.25, 0.3) is 11.2 Å². The van der Waals surface area contributed by atoms with Crippen molar-refractivity contribution >= 4 is 28.9 Å². The summed E-state index contributed by atoms with van der Waals surface area (Å²) in [7, 11) is 0. The van der Waals surface area contributed by atoms with Crippen LogP contribution in [0.3, 0.4) is 0 Å². The molecule has 0 saturated carbocycles. The predicted octanol–water partition coefficient (Wildman–Crippen LogP) is 3.49. The maximum absolute atomic E-state index is 14.0. The molecule has 10 heteroatoms. The van der Waals surface area contributed by atoms with Crippen LogP contribution in [0.1, 0.15) is 34.5 Å². The van der Waals surface area contributed by atoms with E-state index in [0.29, 0.717) is 35.9 Å². The van der Waals surface area contributed by atoms with Gasteiger partial charge in [-0.15, -0.1) is 5.10 Å². The van der Waals surface area contributed by atoms with Crippen molar-refractivity contribution in [2.45, 2.75) is 25.3 Å². The number of carboxylic acids is 1. The van der Waals surface area contributed by atoms with E-state index >= 15 is 0 Å². The van der Waals surface area contributed by atoms with Crippen molar-refractivity contribution in [2.24, 2.45) is 5.73 Å². The molecule has 1 aliphatic heterocycles. The Labute approximate surface area is 205 Å². The first kappa shape index (κ1) is 23.1. The number of hydrogen-bond donors (Lipinski definition) is 2. The fourth-order valence-corrected chi connectivity index (χ4v) is 4.84. The van der Waals surface area contributed by atoms with Crippen molar-refractivity contribution in [3.8, 4) is 5.69 Å². The minimum absolute atomic E-state index is 0.0414. The van der Waals surface area contributed by atoms with Crippen LogP contribution in [0.4, 0.5) is 10.2 Å². The van der Waals surface area contributed by atoms with E-state index in [0.717, 1.165) is 29.0 Å². The van der Waals surface area contributed by atoms with Gasteiger partial charge in [0.25, 0.3) is 5.56 Å². The van der Waals surface area contributed by atoms with Crippen molar-refractivity contribution < 1.29 is 14.3 Å². The van der Waals surface area contributed by atoms with Gasteiger partial charge in [-0.25, -0.2) is 13.7 Å². The van der Waals surface area contributed by atoms with E-state index in [9.17, 15) is 19.1 Å². The molecule has 0 spiro atoms. The first-order valence-corrected chi connectivity index (χ1v) is 11.6. The molecule has 0 radical (unpaired) electrons. The molecule has 8 nitrogen and oxygen atoms in total. The van der Waals surface area contributed by atoms with E-state index in [2.05, 4.69) is 5.10 Å². The standard InChI is InChI=1S/C25H23ClFN5O3/c26-20-9-2-1-5-15(20)11-19-22-24(33)32(18-8-3-6-16(27)12-18)21(25(34)35)14-31(22)29-23(19)30-10-4-7-17(28)13-30/h1-3,5-6,8-9,12,14,17H,4,7,10-11,13,28H2,(H,34,35). The minimum atomic E-state index is -1.34. The number of fused-ring (bicyclic) bond motifs is 1. The number of rotatable bonds is 5. The second-order valence-corrected chi connectivity index (χ2v) is 9.06. The topological polar surface area (TPSA) is 106 Å². The van der Waals surface area contributed by atoms with Crippen LogP contribution >= 0.6 is 11.6 Å². The molecule has 35 heavy (non-hydrogen) atoms. The second-order valence-electron chi connectivity index (χ2n) is 8.65. The molecule has 0 aliphatic carbocycles. The number of carboxylic acid groups (broad SMARTS) is 1. The van der Waals surface area contributed by atoms with E-state index in [1.165, 1.54) is 28.9 Å². The third kappa shape index (κ3) is 4.28. The van der Waals surface area contributed by atoms with Crippen molar-refractivity contribution in [1.82, 2.24) is 14.2 Å². The van der Waals surface area contributed by atoms with E-state index in [4.69, 9.17) is 17.3 Å². The first-order chi connectivity index (χ1) is 16.8. The van der Waals surface area contributed by atoms with Crippen LogP contribution < -0.4 is 16.2 Å². The van der Waals surface area contributed by atoms with Crippen molar-refractivity contribution in [2.75, 3.05) is 18.0 Å². The molecule has 5 rings (SSSR count). The monoisotopic (exact) mass is 495 g/mol. The zero-order valence-electron chi connectivity index (χ0n) is 18.7. The summed E-state index contributed by atoms with van der Waals surface area (Å²) in [4.78, 5) is 28.0. The fraction of sp³-hybridized carbons (Fsp3) is 0.240. The van der Waals surface area contributed by atoms with E-state index < -0.39 is 17.3 Å². The quantitative estimate of drug-likeness (QED) is 0.439. The molecule has 2 aromatic carbocycles. The summed E-state index contributed by atoms with van der Waals surface area (Å²) in [5.41, 5.74) is 6.99. The zero-order valence-corrected chi connectivity index (χ0v) is 19.5. The normalized spacial score (nSPS) is 16.1. The van der Waals surface area contributed by atoms with Crippen LogP contribution in [0.5, 0.6) is 0 Å². The fourth-order valence-electron chi connectivity index (χ4n) is 4.64. The van der Waals surface area contributed by atoms with Gasteiger partial charge >= 0.3 is 5.97 Å². The van der Waals surface area contributed by atoms with E-state index in [1.54, 1.807) is 6.07 Å². The summed E-state index contributed by atoms with van der Waals surface area (Å²) >= 11 is 6.44. The average molecular weight is 496 g/mol. The number of halogens is 2. The lowest BCUT2D eigenvalue weighted by molar-refractivity contribution is 0.0686. The van der Waals surface area contributed by atoms with Gasteiger partial charge in [0.2, 0.25) is 0 Å².